The van der Waals surface area contributed by atoms with Crippen LogP contribution in [0.4, 0.5) is 34.8 Å². The van der Waals surface area contributed by atoms with Gasteiger partial charge in [0.05, 0.1) is 35.6 Å². The Hall–Kier alpha value is -7.39. The normalized spacial score (nSPS) is 14.7. The van der Waals surface area contributed by atoms with Gasteiger partial charge < -0.3 is 35.1 Å². The Balaban J connectivity index is 0.000000243. The van der Waals surface area contributed by atoms with Crippen LogP contribution in [0.1, 0.15) is 109 Å². The van der Waals surface area contributed by atoms with Crippen molar-refractivity contribution in [2.75, 3.05) is 44.9 Å². The molecule has 3 atom stereocenters. The molecule has 0 spiro atoms. The number of aromatic nitrogens is 4. The monoisotopic (exact) mass is 1070 g/mol. The molecule has 18 nitrogen and oxygen atoms in total. The number of H-pyrrole nitrogens is 2. The minimum atomic E-state index is -0.873. The van der Waals surface area contributed by atoms with Crippen molar-refractivity contribution < 1.29 is 47.0 Å². The fraction of sp³-hybridized carbons (Fsp3) is 0.340. The lowest BCUT2D eigenvalue weighted by Gasteiger charge is -2.33. The maximum absolute atomic E-state index is 13.3. The van der Waals surface area contributed by atoms with E-state index in [1.165, 1.54) is 55.5 Å². The third-order valence-corrected chi connectivity index (χ3v) is 12.2. The molecule has 1 unspecified atom stereocenters. The van der Waals surface area contributed by atoms with Crippen LogP contribution in [0.3, 0.4) is 0 Å². The Kier molecular flexibility index (Phi) is 20.1. The lowest BCUT2D eigenvalue weighted by Crippen LogP contribution is -2.42. The number of nitrogens with zero attached hydrogens (tertiary/aromatic N) is 5. The van der Waals surface area contributed by atoms with Crippen molar-refractivity contribution in [3.63, 3.8) is 0 Å². The fourth-order valence-corrected chi connectivity index (χ4v) is 8.44. The quantitative estimate of drug-likeness (QED) is 0.0415. The third kappa shape index (κ3) is 14.7. The molecule has 75 heavy (non-hydrogen) atoms. The van der Waals surface area contributed by atoms with E-state index >= 15 is 0 Å². The van der Waals surface area contributed by atoms with Gasteiger partial charge in [-0.3, -0.25) is 29.6 Å². The highest BCUT2D eigenvalue weighted by molar-refractivity contribution is 6.61. The Labute approximate surface area is 444 Å². The maximum atomic E-state index is 13.3. The lowest BCUT2D eigenvalue weighted by atomic mass is 10.0. The van der Waals surface area contributed by atoms with Crippen molar-refractivity contribution in [2.24, 2.45) is 0 Å². The van der Waals surface area contributed by atoms with Gasteiger partial charge in [0.2, 0.25) is 0 Å². The number of rotatable bonds is 13. The maximum Gasteiger partial charge on any atom is 0.411 e. The standard InChI is InChI=1S/C25H28FN5O3.C24H26FN5O3.C3H4Cl2O2.CH4/c1-25(2)21-19(22(29-28-21)27-23(32)17-10-12-18(26)13-11-17)14-31(25)24(33)34-20(15-30(3)4)16-8-6-5-7-9-16;1-24(2)20-18(21(29-28-20)27-22(31)16-9-11-17(25)12-10-16)14-30(24)23(32)33-19(13-26-3)15-7-5-4-6-8-15;1-2(4)7-3(5)6;/h5-13,20H,14-15H2,1-4H3,(H2,27,28,29,32);4-12,19,26H,13-14H2,1-3H3,(H2,27,28,29,31);2H,1H3;1H4/t20-;19-;;/m11../s1. The van der Waals surface area contributed by atoms with Crippen molar-refractivity contribution in [1.29, 1.82) is 0 Å². The average molecular weight is 1080 g/mol. The van der Waals surface area contributed by atoms with Gasteiger partial charge in [-0.05, 0) is 115 Å². The highest BCUT2D eigenvalue weighted by Gasteiger charge is 2.47. The summed E-state index contributed by atoms with van der Waals surface area (Å²) in [5.74, 6) is -1.01. The molecule has 22 heteroatoms. The zero-order valence-corrected chi connectivity index (χ0v) is 43.5. The largest absolute Gasteiger partial charge is 0.440 e. The molecule has 4 heterocycles. The van der Waals surface area contributed by atoms with Crippen molar-refractivity contribution >= 4 is 64.3 Å². The molecule has 5 N–H and O–H groups in total. The number of fused-ring (bicyclic) bond motifs is 2. The van der Waals surface area contributed by atoms with Crippen LogP contribution >= 0.6 is 23.2 Å². The molecule has 2 aromatic heterocycles. The Morgan fingerprint density at radius 1 is 0.667 bits per heavy atom. The molecule has 0 bridgehead atoms. The summed E-state index contributed by atoms with van der Waals surface area (Å²) >= 11 is 9.87. The van der Waals surface area contributed by atoms with E-state index in [2.05, 4.69) is 41.1 Å². The number of ether oxygens (including phenoxy) is 3. The molecule has 2 aliphatic heterocycles. The van der Waals surface area contributed by atoms with Crippen LogP contribution in [0.25, 0.3) is 0 Å². The van der Waals surface area contributed by atoms with Gasteiger partial charge in [0.1, 0.15) is 23.8 Å². The fourth-order valence-electron chi connectivity index (χ4n) is 8.18. The summed E-state index contributed by atoms with van der Waals surface area (Å²) in [4.78, 5) is 66.6. The number of nitrogens with one attached hydrogen (secondary N) is 5. The van der Waals surface area contributed by atoms with Gasteiger partial charge in [-0.1, -0.05) is 79.7 Å². The summed E-state index contributed by atoms with van der Waals surface area (Å²) in [6.07, 6.45) is -1.81. The van der Waals surface area contributed by atoms with Crippen molar-refractivity contribution in [1.82, 2.24) is 40.4 Å². The number of aromatic amines is 2. The molecular weight excluding hydrogens is 1010 g/mol. The number of hydrogen-bond acceptors (Lipinski definition) is 12. The average Bonchev–Trinajstić information content (AvgIpc) is 4.09. The number of amides is 4. The zero-order valence-electron chi connectivity index (χ0n) is 42.0. The van der Waals surface area contributed by atoms with Crippen LogP contribution in [0.2, 0.25) is 0 Å². The van der Waals surface area contributed by atoms with E-state index < -0.39 is 69.9 Å². The first-order valence-corrected chi connectivity index (χ1v) is 24.1. The number of benzene rings is 4. The second-order valence-electron chi connectivity index (χ2n) is 18.3. The molecule has 4 amide bonds. The molecule has 0 aliphatic carbocycles. The van der Waals surface area contributed by atoms with Crippen molar-refractivity contribution in [3.8, 4) is 0 Å². The van der Waals surface area contributed by atoms with E-state index in [-0.39, 0.29) is 20.5 Å². The first kappa shape index (κ1) is 58.5. The van der Waals surface area contributed by atoms with Gasteiger partial charge in [-0.2, -0.15) is 10.2 Å². The van der Waals surface area contributed by atoms with Crippen molar-refractivity contribution in [3.05, 3.63) is 166 Å². The molecule has 2 aliphatic rings. The summed E-state index contributed by atoms with van der Waals surface area (Å²) in [6.45, 7) is 10.5. The molecule has 0 saturated carbocycles. The number of likely N-dealkylation sites (N-methyl/N-ethyl adjacent to an activating group) is 2. The SMILES string of the molecule is C.CC(Cl)OC(=O)Cl.CN(C)C[C@@H](OC(=O)N1Cc2c(NC(=O)c3ccc(F)cc3)n[nH]c2C1(C)C)c1ccccc1.CNC[C@@H](OC(=O)N1Cc2c(NC(=O)c3ccc(F)cc3)n[nH]c2C1(C)C)c1ccccc1. The van der Waals surface area contributed by atoms with Crippen molar-refractivity contribution in [2.45, 2.75) is 84.0 Å². The molecule has 0 radical (unpaired) electrons. The minimum Gasteiger partial charge on any atom is -0.440 e. The number of halogens is 4. The number of carbonyl (C=O) groups is 5. The van der Waals surface area contributed by atoms with Gasteiger partial charge in [0, 0.05) is 46.9 Å². The summed E-state index contributed by atoms with van der Waals surface area (Å²) in [5, 5.41) is 23.0. The van der Waals surface area contributed by atoms with E-state index in [1.807, 2.05) is 107 Å². The summed E-state index contributed by atoms with van der Waals surface area (Å²) in [5.41, 5.74) is 2.32. The van der Waals surface area contributed by atoms with Crippen LogP contribution in [0.5, 0.6) is 0 Å². The topological polar surface area (TPSA) is 216 Å². The van der Waals surface area contributed by atoms with Gasteiger partial charge in [0.15, 0.2) is 17.2 Å². The molecule has 8 rings (SSSR count). The Bertz CT molecular complexity index is 2890. The smallest absolute Gasteiger partial charge is 0.411 e. The van der Waals surface area contributed by atoms with Crippen LogP contribution in [0, 0.1) is 11.6 Å². The predicted molar refractivity (Wildman–Crippen MR) is 281 cm³/mol. The van der Waals surface area contributed by atoms with Crippen LogP contribution in [-0.4, -0.2) is 104 Å². The molecule has 6 aromatic rings. The number of anilines is 2. The van der Waals surface area contributed by atoms with Gasteiger partial charge >= 0.3 is 17.6 Å². The van der Waals surface area contributed by atoms with E-state index in [4.69, 9.17) is 32.7 Å². The number of hydrogen-bond donors (Lipinski definition) is 5. The third-order valence-electron chi connectivity index (χ3n) is 12.1. The molecule has 0 fully saturated rings. The van der Waals surface area contributed by atoms with Gasteiger partial charge in [0.25, 0.3) is 11.8 Å². The second-order valence-corrected chi connectivity index (χ2v) is 19.3. The second kappa shape index (κ2) is 25.7. The van der Waals surface area contributed by atoms with E-state index in [1.54, 1.807) is 16.8 Å². The Morgan fingerprint density at radius 3 is 1.40 bits per heavy atom. The minimum absolute atomic E-state index is 0. The Morgan fingerprint density at radius 2 is 1.05 bits per heavy atom. The number of alkyl halides is 1. The first-order valence-electron chi connectivity index (χ1n) is 23.3. The van der Waals surface area contributed by atoms with E-state index in [0.717, 1.165) is 22.5 Å². The van der Waals surface area contributed by atoms with Gasteiger partial charge in [-0.15, -0.1) is 0 Å². The molecule has 4 aromatic carbocycles. The van der Waals surface area contributed by atoms with E-state index in [9.17, 15) is 32.8 Å². The van der Waals surface area contributed by atoms with Crippen LogP contribution < -0.4 is 16.0 Å². The summed E-state index contributed by atoms with van der Waals surface area (Å²) < 4.78 is 42.3. The predicted octanol–water partition coefficient (Wildman–Crippen LogP) is 10.8. The van der Waals surface area contributed by atoms with E-state index in [0.29, 0.717) is 47.0 Å². The summed E-state index contributed by atoms with van der Waals surface area (Å²) in [7, 11) is 5.66. The first-order chi connectivity index (χ1) is 35.1. The zero-order chi connectivity index (χ0) is 53.9. The molecule has 400 valence electrons. The highest BCUT2D eigenvalue weighted by Crippen LogP contribution is 2.43. The van der Waals surface area contributed by atoms with Crippen LogP contribution in [0.15, 0.2) is 109 Å². The lowest BCUT2D eigenvalue weighted by molar-refractivity contribution is 0.0258. The molecular formula is C53H62Cl2F2N10O8. The highest BCUT2D eigenvalue weighted by atomic mass is 35.5. The number of carbonyl (C=O) groups excluding carboxylic acids is 5. The summed E-state index contributed by atoms with van der Waals surface area (Å²) in [6, 6.07) is 29.7. The van der Waals surface area contributed by atoms with Gasteiger partial charge in [-0.25, -0.2) is 23.2 Å². The molecule has 0 saturated heterocycles. The van der Waals surface area contributed by atoms with Crippen LogP contribution in [-0.2, 0) is 38.4 Å².